The van der Waals surface area contributed by atoms with Gasteiger partial charge in [0.25, 0.3) is 11.1 Å². The third-order valence-corrected chi connectivity index (χ3v) is 3.85. The largest absolute Gasteiger partial charge is 0.465 e. The van der Waals surface area contributed by atoms with Crippen LogP contribution in [0.5, 0.6) is 0 Å². The third-order valence-electron chi connectivity index (χ3n) is 2.94. The van der Waals surface area contributed by atoms with Crippen LogP contribution in [0.1, 0.15) is 18.1 Å². The number of amides is 2. The molecule has 21 heavy (non-hydrogen) atoms. The average Bonchev–Trinajstić information content (AvgIpc) is 2.69. The molecule has 0 unspecified atom stereocenters. The predicted octanol–water partition coefficient (Wildman–Crippen LogP) is 2.59. The number of benzene rings is 1. The molecule has 0 atom stereocenters. The molecule has 1 aliphatic rings. The number of aryl methyl sites for hydroxylation is 1. The number of rotatable bonds is 4. The minimum atomic E-state index is -0.586. The Kier molecular flexibility index (Phi) is 4.80. The molecule has 1 aliphatic heterocycles. The zero-order valence-electron chi connectivity index (χ0n) is 11.8. The number of ether oxygens (including phenoxy) is 1. The highest BCUT2D eigenvalue weighted by atomic mass is 32.2. The molecule has 1 aromatic rings. The molecule has 0 N–H and O–H groups in total. The van der Waals surface area contributed by atoms with Crippen molar-refractivity contribution >= 4 is 35.0 Å². The zero-order chi connectivity index (χ0) is 15.4. The number of thioether (sulfide) groups is 1. The second-order valence-corrected chi connectivity index (χ2v) is 5.42. The van der Waals surface area contributed by atoms with E-state index in [0.29, 0.717) is 4.91 Å². The van der Waals surface area contributed by atoms with E-state index in [9.17, 15) is 14.4 Å². The van der Waals surface area contributed by atoms with Gasteiger partial charge in [-0.25, -0.2) is 0 Å². The molecule has 1 aromatic carbocycles. The van der Waals surface area contributed by atoms with Crippen LogP contribution in [-0.4, -0.2) is 35.2 Å². The van der Waals surface area contributed by atoms with Gasteiger partial charge in [-0.1, -0.05) is 24.3 Å². The first kappa shape index (κ1) is 15.3. The summed E-state index contributed by atoms with van der Waals surface area (Å²) in [5.74, 6) is -1.04. The Balaban J connectivity index is 2.18. The summed E-state index contributed by atoms with van der Waals surface area (Å²) in [5, 5.41) is -0.451. The molecule has 0 radical (unpaired) electrons. The van der Waals surface area contributed by atoms with Crippen molar-refractivity contribution in [3.05, 3.63) is 40.3 Å². The lowest BCUT2D eigenvalue weighted by molar-refractivity contribution is -0.145. The van der Waals surface area contributed by atoms with Gasteiger partial charge < -0.3 is 4.74 Å². The minimum Gasteiger partial charge on any atom is -0.465 e. The SMILES string of the molecule is CCOC(=O)CN1C(=O)S/C(=C\c2ccccc2C)C1=O. The highest BCUT2D eigenvalue weighted by Crippen LogP contribution is 2.32. The number of imide groups is 1. The maximum atomic E-state index is 12.2. The van der Waals surface area contributed by atoms with Crippen molar-refractivity contribution in [2.24, 2.45) is 0 Å². The Morgan fingerprint density at radius 2 is 2.05 bits per heavy atom. The summed E-state index contributed by atoms with van der Waals surface area (Å²) >= 11 is 0.836. The first-order valence-corrected chi connectivity index (χ1v) is 7.31. The summed E-state index contributed by atoms with van der Waals surface area (Å²) in [7, 11) is 0. The Labute approximate surface area is 127 Å². The summed E-state index contributed by atoms with van der Waals surface area (Å²) in [6, 6.07) is 7.56. The lowest BCUT2D eigenvalue weighted by Crippen LogP contribution is -2.34. The standard InChI is InChI=1S/C15H15NO4S/c1-3-20-13(17)9-16-14(18)12(21-15(16)19)8-11-7-5-4-6-10(11)2/h4-8H,3,9H2,1-2H3/b12-8-. The van der Waals surface area contributed by atoms with Gasteiger partial charge in [0, 0.05) is 0 Å². The third kappa shape index (κ3) is 3.52. The van der Waals surface area contributed by atoms with E-state index in [-0.39, 0.29) is 13.2 Å². The highest BCUT2D eigenvalue weighted by Gasteiger charge is 2.36. The van der Waals surface area contributed by atoms with Gasteiger partial charge in [0.1, 0.15) is 6.54 Å². The Morgan fingerprint density at radius 1 is 1.33 bits per heavy atom. The molecule has 0 saturated carbocycles. The van der Waals surface area contributed by atoms with Crippen molar-refractivity contribution in [3.8, 4) is 0 Å². The lowest BCUT2D eigenvalue weighted by Gasteiger charge is -2.10. The van der Waals surface area contributed by atoms with E-state index in [1.54, 1.807) is 13.0 Å². The Morgan fingerprint density at radius 3 is 2.71 bits per heavy atom. The van der Waals surface area contributed by atoms with E-state index in [2.05, 4.69) is 0 Å². The number of carbonyl (C=O) groups is 3. The van der Waals surface area contributed by atoms with E-state index in [4.69, 9.17) is 4.74 Å². The smallest absolute Gasteiger partial charge is 0.326 e. The van der Waals surface area contributed by atoms with Crippen LogP contribution < -0.4 is 0 Å². The molecule has 0 spiro atoms. The van der Waals surface area contributed by atoms with E-state index in [1.165, 1.54) is 0 Å². The van der Waals surface area contributed by atoms with Gasteiger partial charge in [-0.05, 0) is 42.8 Å². The Hall–Kier alpha value is -2.08. The molecule has 2 amide bonds. The number of esters is 1. The van der Waals surface area contributed by atoms with Crippen LogP contribution in [0.15, 0.2) is 29.2 Å². The van der Waals surface area contributed by atoms with Gasteiger partial charge in [-0.15, -0.1) is 0 Å². The quantitative estimate of drug-likeness (QED) is 0.632. The average molecular weight is 305 g/mol. The number of hydrogen-bond donors (Lipinski definition) is 0. The van der Waals surface area contributed by atoms with Crippen molar-refractivity contribution in [2.75, 3.05) is 13.2 Å². The maximum absolute atomic E-state index is 12.2. The predicted molar refractivity (Wildman–Crippen MR) is 80.5 cm³/mol. The monoisotopic (exact) mass is 305 g/mol. The van der Waals surface area contributed by atoms with Crippen LogP contribution in [0, 0.1) is 6.92 Å². The van der Waals surface area contributed by atoms with E-state index < -0.39 is 17.1 Å². The topological polar surface area (TPSA) is 63.7 Å². The second-order valence-electron chi connectivity index (χ2n) is 4.43. The van der Waals surface area contributed by atoms with Crippen molar-refractivity contribution in [3.63, 3.8) is 0 Å². The molecule has 0 bridgehead atoms. The first-order chi connectivity index (χ1) is 10.0. The molecule has 0 aliphatic carbocycles. The van der Waals surface area contributed by atoms with Crippen LogP contribution in [0.3, 0.4) is 0 Å². The van der Waals surface area contributed by atoms with Crippen molar-refractivity contribution in [2.45, 2.75) is 13.8 Å². The fraction of sp³-hybridized carbons (Fsp3) is 0.267. The maximum Gasteiger partial charge on any atom is 0.326 e. The van der Waals surface area contributed by atoms with Gasteiger partial charge in [-0.2, -0.15) is 0 Å². The van der Waals surface area contributed by atoms with Crippen LogP contribution in [0.25, 0.3) is 6.08 Å². The van der Waals surface area contributed by atoms with Crippen LogP contribution in [0.4, 0.5) is 4.79 Å². The van der Waals surface area contributed by atoms with Gasteiger partial charge in [0.2, 0.25) is 0 Å². The molecule has 2 rings (SSSR count). The number of carbonyl (C=O) groups excluding carboxylic acids is 3. The number of nitrogens with zero attached hydrogens (tertiary/aromatic N) is 1. The van der Waals surface area contributed by atoms with Crippen molar-refractivity contribution in [1.82, 2.24) is 4.90 Å². The Bertz CT molecular complexity index is 624. The highest BCUT2D eigenvalue weighted by molar-refractivity contribution is 8.18. The fourth-order valence-electron chi connectivity index (χ4n) is 1.86. The molecule has 6 heteroatoms. The van der Waals surface area contributed by atoms with Crippen molar-refractivity contribution in [1.29, 1.82) is 0 Å². The van der Waals surface area contributed by atoms with Gasteiger partial charge in [0.15, 0.2) is 0 Å². The summed E-state index contributed by atoms with van der Waals surface area (Å²) in [5.41, 5.74) is 1.88. The fourth-order valence-corrected chi connectivity index (χ4v) is 2.69. The molecule has 5 nitrogen and oxygen atoms in total. The normalized spacial score (nSPS) is 16.7. The molecule has 1 heterocycles. The van der Waals surface area contributed by atoms with E-state index >= 15 is 0 Å². The molecule has 1 saturated heterocycles. The summed E-state index contributed by atoms with van der Waals surface area (Å²) in [4.78, 5) is 36.6. The van der Waals surface area contributed by atoms with Crippen molar-refractivity contribution < 1.29 is 19.1 Å². The van der Waals surface area contributed by atoms with E-state index in [0.717, 1.165) is 27.8 Å². The zero-order valence-corrected chi connectivity index (χ0v) is 12.6. The first-order valence-electron chi connectivity index (χ1n) is 6.49. The summed E-state index contributed by atoms with van der Waals surface area (Å²) in [6.45, 7) is 3.47. The molecule has 1 fully saturated rings. The van der Waals surface area contributed by atoms with Gasteiger partial charge >= 0.3 is 5.97 Å². The summed E-state index contributed by atoms with van der Waals surface area (Å²) in [6.07, 6.45) is 1.67. The number of hydrogen-bond acceptors (Lipinski definition) is 5. The summed E-state index contributed by atoms with van der Waals surface area (Å²) < 4.78 is 4.76. The van der Waals surface area contributed by atoms with Gasteiger partial charge in [0.05, 0.1) is 11.5 Å². The minimum absolute atomic E-state index is 0.216. The van der Waals surface area contributed by atoms with E-state index in [1.807, 2.05) is 31.2 Å². The van der Waals surface area contributed by atoms with Crippen LogP contribution in [-0.2, 0) is 14.3 Å². The van der Waals surface area contributed by atoms with Crippen LogP contribution >= 0.6 is 11.8 Å². The molecular formula is C15H15NO4S. The van der Waals surface area contributed by atoms with Crippen LogP contribution in [0.2, 0.25) is 0 Å². The second kappa shape index (κ2) is 6.58. The van der Waals surface area contributed by atoms with Gasteiger partial charge in [-0.3, -0.25) is 19.3 Å². The molecule has 0 aromatic heterocycles. The lowest BCUT2D eigenvalue weighted by atomic mass is 10.1. The molecule has 110 valence electrons. The molecular weight excluding hydrogens is 290 g/mol.